The van der Waals surface area contributed by atoms with Gasteiger partial charge in [0.25, 0.3) is 0 Å². The number of carbonyl (C=O) groups is 1. The number of aryl methyl sites for hydroxylation is 1. The number of benzene rings is 1. The van der Waals surface area contributed by atoms with Gasteiger partial charge in [-0.1, -0.05) is 6.07 Å². The zero-order chi connectivity index (χ0) is 16.0. The van der Waals surface area contributed by atoms with Crippen LogP contribution in [-0.2, 0) is 0 Å². The Morgan fingerprint density at radius 2 is 2.04 bits per heavy atom. The Labute approximate surface area is 132 Å². The van der Waals surface area contributed by atoms with Crippen LogP contribution in [0.1, 0.15) is 16.1 Å². The highest BCUT2D eigenvalue weighted by Gasteiger charge is 2.16. The Balaban J connectivity index is 1.98. The van der Waals surface area contributed by atoms with Crippen molar-refractivity contribution in [3.63, 3.8) is 0 Å². The second kappa shape index (κ2) is 5.02. The van der Waals surface area contributed by atoms with Crippen molar-refractivity contribution < 1.29 is 13.9 Å². The molecule has 0 fully saturated rings. The summed E-state index contributed by atoms with van der Waals surface area (Å²) < 4.78 is 13.1. The van der Waals surface area contributed by atoms with E-state index in [1.165, 1.54) is 0 Å². The summed E-state index contributed by atoms with van der Waals surface area (Å²) >= 11 is 0. The normalized spacial score (nSPS) is 11.2. The fourth-order valence-corrected chi connectivity index (χ4v) is 2.96. The number of hydrogen-bond donors (Lipinski definition) is 0. The number of ether oxygens (including phenoxy) is 1. The van der Waals surface area contributed by atoms with Crippen LogP contribution >= 0.6 is 0 Å². The van der Waals surface area contributed by atoms with E-state index in [4.69, 9.17) is 9.15 Å². The molecule has 4 aromatic rings. The molecule has 0 atom stereocenters. The van der Waals surface area contributed by atoms with Crippen LogP contribution in [0.4, 0.5) is 0 Å². The van der Waals surface area contributed by atoms with Crippen LogP contribution in [0.5, 0.6) is 5.75 Å². The SMILES string of the molecule is COc1ccc2oc(-c3cc4c(C)cccn4c3C=O)cc2c1. The van der Waals surface area contributed by atoms with Crippen molar-refractivity contribution in [2.45, 2.75) is 6.92 Å². The Hall–Kier alpha value is -3.01. The maximum absolute atomic E-state index is 11.6. The number of nitrogens with zero attached hydrogens (tertiary/aromatic N) is 1. The van der Waals surface area contributed by atoms with E-state index in [1.54, 1.807) is 7.11 Å². The number of rotatable bonds is 3. The standard InChI is InChI=1S/C19H15NO3/c1-12-4-3-7-20-16(12)10-15(17(20)11-21)19-9-13-8-14(22-2)5-6-18(13)23-19/h3-11H,1-2H3. The van der Waals surface area contributed by atoms with E-state index in [2.05, 4.69) is 0 Å². The molecule has 0 radical (unpaired) electrons. The minimum atomic E-state index is 0.592. The van der Waals surface area contributed by atoms with Gasteiger partial charge in [-0.25, -0.2) is 0 Å². The Morgan fingerprint density at radius 1 is 1.17 bits per heavy atom. The van der Waals surface area contributed by atoms with Crippen LogP contribution in [0.15, 0.2) is 53.1 Å². The van der Waals surface area contributed by atoms with Crippen LogP contribution in [0.25, 0.3) is 27.8 Å². The summed E-state index contributed by atoms with van der Waals surface area (Å²) in [5.41, 5.74) is 4.27. The first-order valence-corrected chi connectivity index (χ1v) is 7.35. The number of hydrogen-bond acceptors (Lipinski definition) is 3. The molecule has 0 aliphatic heterocycles. The number of carbonyl (C=O) groups excluding carboxylic acids is 1. The smallest absolute Gasteiger partial charge is 0.167 e. The fraction of sp³-hybridized carbons (Fsp3) is 0.105. The van der Waals surface area contributed by atoms with E-state index < -0.39 is 0 Å². The first-order valence-electron chi connectivity index (χ1n) is 7.35. The summed E-state index contributed by atoms with van der Waals surface area (Å²) in [6.07, 6.45) is 2.76. The molecule has 0 spiro atoms. The molecule has 0 aliphatic rings. The highest BCUT2D eigenvalue weighted by atomic mass is 16.5. The second-order valence-corrected chi connectivity index (χ2v) is 5.52. The number of pyridine rings is 1. The number of methoxy groups -OCH3 is 1. The highest BCUT2D eigenvalue weighted by molar-refractivity contribution is 5.92. The second-order valence-electron chi connectivity index (χ2n) is 5.52. The quantitative estimate of drug-likeness (QED) is 0.524. The molecule has 1 aromatic carbocycles. The highest BCUT2D eigenvalue weighted by Crippen LogP contribution is 2.33. The lowest BCUT2D eigenvalue weighted by Crippen LogP contribution is -1.92. The van der Waals surface area contributed by atoms with Crippen LogP contribution in [0, 0.1) is 6.92 Å². The van der Waals surface area contributed by atoms with Gasteiger partial charge < -0.3 is 13.6 Å². The average Bonchev–Trinajstić information content (AvgIpc) is 3.15. The van der Waals surface area contributed by atoms with Gasteiger partial charge in [0.05, 0.1) is 12.8 Å². The van der Waals surface area contributed by atoms with Gasteiger partial charge in [-0.2, -0.15) is 0 Å². The van der Waals surface area contributed by atoms with Crippen molar-refractivity contribution in [3.8, 4) is 17.1 Å². The van der Waals surface area contributed by atoms with Gasteiger partial charge in [0, 0.05) is 22.7 Å². The Bertz CT molecular complexity index is 1040. The lowest BCUT2D eigenvalue weighted by Gasteiger charge is -1.99. The summed E-state index contributed by atoms with van der Waals surface area (Å²) in [6.45, 7) is 2.02. The predicted molar refractivity (Wildman–Crippen MR) is 89.3 cm³/mol. The summed E-state index contributed by atoms with van der Waals surface area (Å²) in [4.78, 5) is 11.6. The van der Waals surface area contributed by atoms with Crippen LogP contribution < -0.4 is 4.74 Å². The zero-order valence-electron chi connectivity index (χ0n) is 12.9. The van der Waals surface area contributed by atoms with E-state index in [0.717, 1.165) is 39.6 Å². The van der Waals surface area contributed by atoms with E-state index in [0.29, 0.717) is 11.5 Å². The van der Waals surface area contributed by atoms with Crippen molar-refractivity contribution in [1.82, 2.24) is 4.40 Å². The van der Waals surface area contributed by atoms with Gasteiger partial charge in [-0.05, 0) is 48.9 Å². The summed E-state index contributed by atoms with van der Waals surface area (Å²) in [5, 5.41) is 0.947. The molecule has 3 aromatic heterocycles. The fourth-order valence-electron chi connectivity index (χ4n) is 2.96. The Morgan fingerprint density at radius 3 is 2.83 bits per heavy atom. The average molecular weight is 305 g/mol. The third-order valence-corrected chi connectivity index (χ3v) is 4.16. The zero-order valence-corrected chi connectivity index (χ0v) is 12.9. The molecule has 0 saturated carbocycles. The molecule has 0 N–H and O–H groups in total. The third-order valence-electron chi connectivity index (χ3n) is 4.16. The van der Waals surface area contributed by atoms with E-state index in [-0.39, 0.29) is 0 Å². The first kappa shape index (κ1) is 13.6. The lowest BCUT2D eigenvalue weighted by atomic mass is 10.1. The number of aromatic nitrogens is 1. The molecule has 0 saturated heterocycles. The molecule has 0 amide bonds. The van der Waals surface area contributed by atoms with E-state index in [9.17, 15) is 4.79 Å². The monoisotopic (exact) mass is 305 g/mol. The summed E-state index contributed by atoms with van der Waals surface area (Å²) in [5.74, 6) is 1.46. The molecule has 4 nitrogen and oxygen atoms in total. The lowest BCUT2D eigenvalue weighted by molar-refractivity contribution is 0.111. The molecular weight excluding hydrogens is 290 g/mol. The molecular formula is C19H15NO3. The van der Waals surface area contributed by atoms with Gasteiger partial charge in [-0.3, -0.25) is 4.79 Å². The van der Waals surface area contributed by atoms with Gasteiger partial charge in [0.1, 0.15) is 17.1 Å². The van der Waals surface area contributed by atoms with Crippen molar-refractivity contribution >= 4 is 22.8 Å². The molecule has 0 aliphatic carbocycles. The predicted octanol–water partition coefficient (Wildman–Crippen LogP) is 4.48. The third kappa shape index (κ3) is 2.03. The van der Waals surface area contributed by atoms with Crippen LogP contribution in [0.3, 0.4) is 0 Å². The van der Waals surface area contributed by atoms with E-state index in [1.807, 2.05) is 60.0 Å². The van der Waals surface area contributed by atoms with Crippen molar-refractivity contribution in [2.75, 3.05) is 7.11 Å². The maximum Gasteiger partial charge on any atom is 0.167 e. The largest absolute Gasteiger partial charge is 0.497 e. The number of fused-ring (bicyclic) bond motifs is 2. The topological polar surface area (TPSA) is 43.9 Å². The van der Waals surface area contributed by atoms with Gasteiger partial charge in [-0.15, -0.1) is 0 Å². The van der Waals surface area contributed by atoms with Crippen molar-refractivity contribution in [2.24, 2.45) is 0 Å². The molecule has 23 heavy (non-hydrogen) atoms. The Kier molecular flexibility index (Phi) is 2.98. The van der Waals surface area contributed by atoms with Gasteiger partial charge >= 0.3 is 0 Å². The van der Waals surface area contributed by atoms with Crippen molar-refractivity contribution in [3.05, 3.63) is 59.9 Å². The van der Waals surface area contributed by atoms with E-state index >= 15 is 0 Å². The minimum Gasteiger partial charge on any atom is -0.497 e. The van der Waals surface area contributed by atoms with Crippen molar-refractivity contribution in [1.29, 1.82) is 0 Å². The summed E-state index contributed by atoms with van der Waals surface area (Å²) in [7, 11) is 1.63. The molecule has 4 heteroatoms. The molecule has 4 rings (SSSR count). The van der Waals surface area contributed by atoms with Gasteiger partial charge in [0.15, 0.2) is 6.29 Å². The van der Waals surface area contributed by atoms with Gasteiger partial charge in [0.2, 0.25) is 0 Å². The summed E-state index contributed by atoms with van der Waals surface area (Å²) in [6, 6.07) is 13.5. The van der Waals surface area contributed by atoms with Crippen LogP contribution in [-0.4, -0.2) is 17.8 Å². The number of furan rings is 1. The minimum absolute atomic E-state index is 0.592. The number of aldehydes is 1. The molecule has 3 heterocycles. The molecule has 0 bridgehead atoms. The van der Waals surface area contributed by atoms with Crippen LogP contribution in [0.2, 0.25) is 0 Å². The molecule has 0 unspecified atom stereocenters. The first-order chi connectivity index (χ1) is 11.2. The maximum atomic E-state index is 11.6. The molecule has 114 valence electrons.